The topological polar surface area (TPSA) is 93.2 Å². The van der Waals surface area contributed by atoms with E-state index < -0.39 is 29.9 Å². The van der Waals surface area contributed by atoms with E-state index in [1.54, 1.807) is 24.3 Å². The molecule has 4 amide bonds. The molecule has 0 radical (unpaired) electrons. The molecule has 47 heavy (non-hydrogen) atoms. The third kappa shape index (κ3) is 16.8. The van der Waals surface area contributed by atoms with Crippen LogP contribution < -0.4 is 24.0 Å². The van der Waals surface area contributed by atoms with Gasteiger partial charge in [-0.25, -0.2) is 9.69 Å². The molecule has 0 bridgehead atoms. The highest BCUT2D eigenvalue weighted by Crippen LogP contribution is 2.25. The summed E-state index contributed by atoms with van der Waals surface area (Å²) in [5.41, 5.74) is 0.657. The zero-order chi connectivity index (χ0) is 33.8. The van der Waals surface area contributed by atoms with Crippen molar-refractivity contribution in [3.05, 3.63) is 35.4 Å². The molecular weight excluding hydrogens is 709 g/mol. The van der Waals surface area contributed by atoms with Gasteiger partial charge in [0.1, 0.15) is 6.61 Å². The van der Waals surface area contributed by atoms with Gasteiger partial charge in [-0.15, -0.1) is 0 Å². The minimum atomic E-state index is -0.801. The third-order valence-corrected chi connectivity index (χ3v) is 8.64. The second kappa shape index (κ2) is 24.1. The molecule has 1 heterocycles. The maximum atomic E-state index is 13.2. The van der Waals surface area contributed by atoms with Crippen molar-refractivity contribution in [3.8, 4) is 0 Å². The monoisotopic (exact) mass is 771 g/mol. The molecule has 1 atom stereocenters. The van der Waals surface area contributed by atoms with E-state index in [1.165, 1.54) is 90.4 Å². The van der Waals surface area contributed by atoms with E-state index in [0.29, 0.717) is 28.8 Å². The number of rotatable bonds is 25. The Morgan fingerprint density at radius 3 is 1.62 bits per heavy atom. The van der Waals surface area contributed by atoms with Gasteiger partial charge in [0.05, 0.1) is 58.0 Å². The minimum Gasteiger partial charge on any atom is -1.00 e. The first kappa shape index (κ1) is 43.0. The summed E-state index contributed by atoms with van der Waals surface area (Å²) in [6, 6.07) is 5.88. The van der Waals surface area contributed by atoms with Crippen LogP contribution in [0.2, 0.25) is 0 Å². The van der Waals surface area contributed by atoms with Gasteiger partial charge in [-0.3, -0.25) is 19.3 Å². The first-order valence-corrected chi connectivity index (χ1v) is 17.9. The first-order valence-electron chi connectivity index (χ1n) is 17.9. The van der Waals surface area contributed by atoms with E-state index in [0.717, 1.165) is 29.1 Å². The van der Waals surface area contributed by atoms with Crippen LogP contribution in [0.1, 0.15) is 137 Å². The summed E-state index contributed by atoms with van der Waals surface area (Å²) in [6.07, 6.45) is 19.9. The number of carbonyl (C=O) groups excluding carboxylic acids is 4. The van der Waals surface area contributed by atoms with Crippen molar-refractivity contribution in [1.82, 2.24) is 9.80 Å². The number of hydrogen-bond acceptors (Lipinski definition) is 6. The zero-order valence-electron chi connectivity index (χ0n) is 29.9. The number of imide groups is 2. The van der Waals surface area contributed by atoms with E-state index in [-0.39, 0.29) is 43.7 Å². The molecule has 1 aliphatic heterocycles. The standard InChI is InChI=1S/C37H62N3O6.HI/c1-6-7-8-9-10-11-12-13-14-15-16-17-18-19-20-23-28-45-29-32(39-35(42)33-24-21-22-25-34(33)36(39)43)30-46-37(44)38(31(2)41)26-27-40(3,4)5;/h21-22,24-25,32H,6-20,23,26-30H2,1-5H3;1H/q+1;/p-1. The fraction of sp³-hybridized carbons (Fsp3) is 0.730. The number of quaternary nitrogens is 1. The highest BCUT2D eigenvalue weighted by atomic mass is 127. The van der Waals surface area contributed by atoms with Crippen molar-refractivity contribution in [1.29, 1.82) is 0 Å². The van der Waals surface area contributed by atoms with Crippen LogP contribution in [-0.2, 0) is 14.3 Å². The molecule has 0 spiro atoms. The van der Waals surface area contributed by atoms with Crippen molar-refractivity contribution < 1.29 is 57.1 Å². The third-order valence-electron chi connectivity index (χ3n) is 8.64. The van der Waals surface area contributed by atoms with E-state index in [1.807, 2.05) is 21.1 Å². The molecule has 268 valence electrons. The van der Waals surface area contributed by atoms with E-state index in [9.17, 15) is 19.2 Å². The average Bonchev–Trinajstić information content (AvgIpc) is 3.26. The molecule has 0 saturated carbocycles. The largest absolute Gasteiger partial charge is 1.00 e. The Morgan fingerprint density at radius 1 is 0.745 bits per heavy atom. The minimum absolute atomic E-state index is 0. The van der Waals surface area contributed by atoms with Crippen molar-refractivity contribution in [2.45, 2.75) is 123 Å². The van der Waals surface area contributed by atoms with E-state index >= 15 is 0 Å². The maximum absolute atomic E-state index is 13.2. The summed E-state index contributed by atoms with van der Waals surface area (Å²) in [6.45, 7) is 4.63. The van der Waals surface area contributed by atoms with Gasteiger partial charge in [0.15, 0.2) is 0 Å². The number of nitrogens with zero attached hydrogens (tertiary/aromatic N) is 3. The van der Waals surface area contributed by atoms with Crippen molar-refractivity contribution in [2.24, 2.45) is 0 Å². The molecule has 0 N–H and O–H groups in total. The Hall–Kier alpha value is -2.05. The highest BCUT2D eigenvalue weighted by molar-refractivity contribution is 6.21. The van der Waals surface area contributed by atoms with Crippen LogP contribution >= 0.6 is 0 Å². The first-order chi connectivity index (χ1) is 22.1. The predicted octanol–water partition coefficient (Wildman–Crippen LogP) is 4.62. The van der Waals surface area contributed by atoms with Crippen molar-refractivity contribution in [2.75, 3.05) is 54.1 Å². The Morgan fingerprint density at radius 2 is 1.19 bits per heavy atom. The van der Waals surface area contributed by atoms with Crippen LogP contribution in [0, 0.1) is 0 Å². The lowest BCUT2D eigenvalue weighted by molar-refractivity contribution is -0.869. The smallest absolute Gasteiger partial charge is 0.416 e. The molecule has 1 aliphatic rings. The number of ether oxygens (including phenoxy) is 2. The second-order valence-corrected chi connectivity index (χ2v) is 13.8. The van der Waals surface area contributed by atoms with Crippen molar-refractivity contribution >= 4 is 23.8 Å². The molecule has 9 nitrogen and oxygen atoms in total. The SMILES string of the molecule is CCCCCCCCCCCCCCCCCCOCC(COC(=O)N(CC[N+](C)(C)C)C(C)=O)N1C(=O)c2ccccc2C1=O.[I-]. The summed E-state index contributed by atoms with van der Waals surface area (Å²) >= 11 is 0. The van der Waals surface area contributed by atoms with Gasteiger partial charge >= 0.3 is 6.09 Å². The van der Waals surface area contributed by atoms with Crippen LogP contribution in [-0.4, -0.2) is 98.2 Å². The molecule has 1 aromatic carbocycles. The lowest BCUT2D eigenvalue weighted by Gasteiger charge is -2.29. The van der Waals surface area contributed by atoms with Crippen molar-refractivity contribution in [3.63, 3.8) is 0 Å². The van der Waals surface area contributed by atoms with Gasteiger partial charge in [-0.2, -0.15) is 0 Å². The Kier molecular flexibility index (Phi) is 22.1. The molecule has 1 aromatic rings. The van der Waals surface area contributed by atoms with Gasteiger partial charge in [0.2, 0.25) is 5.91 Å². The van der Waals surface area contributed by atoms with Crippen LogP contribution in [0.25, 0.3) is 0 Å². The number of hydrogen-bond donors (Lipinski definition) is 0. The molecule has 0 aliphatic carbocycles. The molecule has 10 heteroatoms. The summed E-state index contributed by atoms with van der Waals surface area (Å²) in [4.78, 5) is 53.6. The van der Waals surface area contributed by atoms with Gasteiger partial charge in [0, 0.05) is 13.5 Å². The number of carbonyl (C=O) groups is 4. The molecule has 0 aromatic heterocycles. The predicted molar refractivity (Wildman–Crippen MR) is 183 cm³/mol. The Balaban J connectivity index is 0.0000110. The molecule has 0 fully saturated rings. The zero-order valence-corrected chi connectivity index (χ0v) is 32.1. The number of unbranched alkanes of at least 4 members (excludes halogenated alkanes) is 15. The van der Waals surface area contributed by atoms with E-state index in [4.69, 9.17) is 9.47 Å². The number of amides is 4. The molecule has 1 unspecified atom stereocenters. The maximum Gasteiger partial charge on any atom is 0.416 e. The summed E-state index contributed by atoms with van der Waals surface area (Å²) in [5.74, 6) is -1.28. The molecular formula is C37H62IN3O6. The lowest BCUT2D eigenvalue weighted by Crippen LogP contribution is -3.00. The second-order valence-electron chi connectivity index (χ2n) is 13.8. The Bertz CT molecular complexity index is 1040. The average molecular weight is 772 g/mol. The lowest BCUT2D eigenvalue weighted by atomic mass is 10.0. The molecule has 2 rings (SSSR count). The summed E-state index contributed by atoms with van der Waals surface area (Å²) in [7, 11) is 5.91. The quantitative estimate of drug-likeness (QED) is 0.0624. The van der Waals surface area contributed by atoms with Crippen LogP contribution in [0.4, 0.5) is 4.79 Å². The van der Waals surface area contributed by atoms with Gasteiger partial charge in [0.25, 0.3) is 11.8 Å². The van der Waals surface area contributed by atoms with Gasteiger partial charge < -0.3 is 37.9 Å². The number of halogens is 1. The number of benzene rings is 1. The highest BCUT2D eigenvalue weighted by Gasteiger charge is 2.40. The van der Waals surface area contributed by atoms with Crippen LogP contribution in [0.15, 0.2) is 24.3 Å². The Labute approximate surface area is 301 Å². The summed E-state index contributed by atoms with van der Waals surface area (Å²) < 4.78 is 12.0. The molecule has 0 saturated heterocycles. The van der Waals surface area contributed by atoms with E-state index in [2.05, 4.69) is 6.92 Å². The number of fused-ring (bicyclic) bond motifs is 1. The fourth-order valence-electron chi connectivity index (χ4n) is 5.73. The summed E-state index contributed by atoms with van der Waals surface area (Å²) in [5, 5.41) is 0. The normalized spacial score (nSPS) is 13.3. The van der Waals surface area contributed by atoms with Gasteiger partial charge in [-0.1, -0.05) is 115 Å². The fourth-order valence-corrected chi connectivity index (χ4v) is 5.73. The van der Waals surface area contributed by atoms with Crippen LogP contribution in [0.3, 0.4) is 0 Å². The van der Waals surface area contributed by atoms with Crippen LogP contribution in [0.5, 0.6) is 0 Å². The van der Waals surface area contributed by atoms with Gasteiger partial charge in [-0.05, 0) is 18.6 Å². The number of likely N-dealkylation sites (N-methyl/N-ethyl adjacent to an activating group) is 1.